The van der Waals surface area contributed by atoms with Crippen molar-refractivity contribution >= 4 is 5.97 Å². The van der Waals surface area contributed by atoms with E-state index in [1.54, 1.807) is 4.68 Å². The molecule has 27 heavy (non-hydrogen) atoms. The lowest BCUT2D eigenvalue weighted by atomic mass is 9.79. The fourth-order valence-electron chi connectivity index (χ4n) is 4.74. The van der Waals surface area contributed by atoms with Crippen molar-refractivity contribution in [2.75, 3.05) is 6.54 Å². The van der Waals surface area contributed by atoms with Gasteiger partial charge in [0.15, 0.2) is 5.82 Å². The molecule has 1 aliphatic heterocycles. The second kappa shape index (κ2) is 7.01. The summed E-state index contributed by atoms with van der Waals surface area (Å²) in [5.74, 6) is -0.219. The minimum Gasteiger partial charge on any atom is -0.480 e. The maximum absolute atomic E-state index is 11.9. The first-order valence-corrected chi connectivity index (χ1v) is 9.55. The molecule has 2 aliphatic rings. The summed E-state index contributed by atoms with van der Waals surface area (Å²) in [5, 5.41) is 32.6. The molecule has 1 saturated heterocycles. The van der Waals surface area contributed by atoms with Crippen molar-refractivity contribution in [2.24, 2.45) is 0 Å². The van der Waals surface area contributed by atoms with Crippen molar-refractivity contribution in [3.63, 3.8) is 0 Å². The first kappa shape index (κ1) is 18.1. The summed E-state index contributed by atoms with van der Waals surface area (Å²) in [6.07, 6.45) is 4.25. The number of likely N-dealkylation sites (tertiary alicyclic amines) is 1. The lowest BCUT2D eigenvalue weighted by Gasteiger charge is -2.45. The van der Waals surface area contributed by atoms with Crippen LogP contribution in [0.3, 0.4) is 0 Å². The van der Waals surface area contributed by atoms with Gasteiger partial charge in [-0.25, -0.2) is 0 Å². The summed E-state index contributed by atoms with van der Waals surface area (Å²) in [7, 11) is 0. The zero-order chi connectivity index (χ0) is 19.0. The second-order valence-corrected chi connectivity index (χ2v) is 7.69. The lowest BCUT2D eigenvalue weighted by molar-refractivity contribution is -0.145. The highest BCUT2D eigenvalue weighted by atomic mass is 16.4. The molecule has 0 amide bonds. The molecule has 0 radical (unpaired) electrons. The Balaban J connectivity index is 1.84. The van der Waals surface area contributed by atoms with Gasteiger partial charge in [-0.15, -0.1) is 5.10 Å². The van der Waals surface area contributed by atoms with Gasteiger partial charge in [0, 0.05) is 13.0 Å². The molecular weight excluding hydrogens is 346 g/mol. The molecule has 2 N–H and O–H groups in total. The molecule has 0 bridgehead atoms. The molecule has 8 nitrogen and oxygen atoms in total. The number of hydrogen-bond acceptors (Lipinski definition) is 6. The molecule has 2 fully saturated rings. The van der Waals surface area contributed by atoms with Gasteiger partial charge < -0.3 is 10.2 Å². The number of aliphatic carboxylic acids is 1. The molecule has 1 aliphatic carbocycles. The van der Waals surface area contributed by atoms with Crippen LogP contribution in [0.4, 0.5) is 0 Å². The molecule has 4 rings (SSSR count). The number of rotatable bonds is 4. The van der Waals surface area contributed by atoms with E-state index < -0.39 is 23.7 Å². The van der Waals surface area contributed by atoms with Crippen LogP contribution in [0.5, 0.6) is 0 Å². The van der Waals surface area contributed by atoms with E-state index in [9.17, 15) is 15.0 Å². The van der Waals surface area contributed by atoms with Gasteiger partial charge in [0.25, 0.3) is 0 Å². The number of carboxylic acids is 1. The topological polar surface area (TPSA) is 104 Å². The maximum Gasteiger partial charge on any atom is 0.321 e. The standard InChI is InChI=1S/C19H25N5O3/c1-13-7-3-4-8-15(13)24-18(20-21-22-24)19(9-5-2-6-10-19)23-12-14(25)11-16(23)17(26)27/h3-4,7-8,14,16,25H,2,5-6,9-12H2,1H3,(H,26,27)/t14-,16+/m1/s1. The van der Waals surface area contributed by atoms with Crippen LogP contribution in [0.2, 0.25) is 0 Å². The van der Waals surface area contributed by atoms with Gasteiger partial charge in [-0.3, -0.25) is 9.69 Å². The number of hydrogen-bond donors (Lipinski definition) is 2. The molecule has 1 aromatic heterocycles. The van der Waals surface area contributed by atoms with Crippen LogP contribution >= 0.6 is 0 Å². The third-order valence-electron chi connectivity index (χ3n) is 6.02. The predicted octanol–water partition coefficient (Wildman–Crippen LogP) is 1.65. The number of aliphatic hydroxyl groups is 1. The van der Waals surface area contributed by atoms with E-state index >= 15 is 0 Å². The minimum absolute atomic E-state index is 0.239. The number of aryl methyl sites for hydroxylation is 1. The number of carboxylic acid groups (broad SMARTS) is 1. The lowest BCUT2D eigenvalue weighted by Crippen LogP contribution is -2.53. The van der Waals surface area contributed by atoms with Gasteiger partial charge in [0.1, 0.15) is 6.04 Å². The van der Waals surface area contributed by atoms with E-state index in [0.717, 1.165) is 43.4 Å². The summed E-state index contributed by atoms with van der Waals surface area (Å²) in [5.41, 5.74) is 1.37. The summed E-state index contributed by atoms with van der Waals surface area (Å²) < 4.78 is 1.75. The summed E-state index contributed by atoms with van der Waals surface area (Å²) in [6, 6.07) is 7.17. The zero-order valence-electron chi connectivity index (χ0n) is 15.5. The Labute approximate surface area is 157 Å². The van der Waals surface area contributed by atoms with Crippen molar-refractivity contribution in [1.82, 2.24) is 25.1 Å². The summed E-state index contributed by atoms with van der Waals surface area (Å²) in [4.78, 5) is 13.9. The molecular formula is C19H25N5O3. The number of tetrazole rings is 1. The van der Waals surface area contributed by atoms with Crippen molar-refractivity contribution < 1.29 is 15.0 Å². The quantitative estimate of drug-likeness (QED) is 0.842. The van der Waals surface area contributed by atoms with E-state index in [4.69, 9.17) is 0 Å². The number of aliphatic hydroxyl groups excluding tert-OH is 1. The molecule has 2 atom stereocenters. The first-order chi connectivity index (χ1) is 13.0. The van der Waals surface area contributed by atoms with Crippen molar-refractivity contribution in [1.29, 1.82) is 0 Å². The van der Waals surface area contributed by atoms with Crippen molar-refractivity contribution in [3.8, 4) is 5.69 Å². The second-order valence-electron chi connectivity index (χ2n) is 7.69. The Hall–Kier alpha value is -2.32. The van der Waals surface area contributed by atoms with Crippen LogP contribution in [0.15, 0.2) is 24.3 Å². The zero-order valence-corrected chi connectivity index (χ0v) is 15.5. The van der Waals surface area contributed by atoms with Crippen LogP contribution in [0.25, 0.3) is 5.69 Å². The van der Waals surface area contributed by atoms with Gasteiger partial charge in [-0.2, -0.15) is 4.68 Å². The Morgan fingerprint density at radius 2 is 1.96 bits per heavy atom. The summed E-state index contributed by atoms with van der Waals surface area (Å²) >= 11 is 0. The minimum atomic E-state index is -0.897. The Bertz CT molecular complexity index is 830. The number of carbonyl (C=O) groups is 1. The maximum atomic E-state index is 11.9. The average molecular weight is 371 g/mol. The van der Waals surface area contributed by atoms with Crippen LogP contribution in [-0.2, 0) is 10.3 Å². The van der Waals surface area contributed by atoms with Gasteiger partial charge in [-0.1, -0.05) is 37.5 Å². The SMILES string of the molecule is Cc1ccccc1-n1nnnc1C1(N2C[C@H](O)C[C@H]2C(=O)O)CCCCC1. The van der Waals surface area contributed by atoms with Gasteiger partial charge in [0.2, 0.25) is 0 Å². The van der Waals surface area contributed by atoms with E-state index in [2.05, 4.69) is 15.5 Å². The largest absolute Gasteiger partial charge is 0.480 e. The number of nitrogens with zero attached hydrogens (tertiary/aromatic N) is 5. The highest BCUT2D eigenvalue weighted by molar-refractivity contribution is 5.74. The molecule has 144 valence electrons. The number of benzene rings is 1. The Morgan fingerprint density at radius 3 is 2.67 bits per heavy atom. The van der Waals surface area contributed by atoms with Gasteiger partial charge in [-0.05, 0) is 41.8 Å². The highest BCUT2D eigenvalue weighted by Crippen LogP contribution is 2.45. The van der Waals surface area contributed by atoms with Crippen LogP contribution in [0.1, 0.15) is 49.9 Å². The van der Waals surface area contributed by atoms with Crippen LogP contribution in [0, 0.1) is 6.92 Å². The van der Waals surface area contributed by atoms with E-state index in [1.807, 2.05) is 36.1 Å². The third-order valence-corrected chi connectivity index (χ3v) is 6.02. The van der Waals surface area contributed by atoms with Gasteiger partial charge >= 0.3 is 5.97 Å². The Morgan fingerprint density at radius 1 is 1.22 bits per heavy atom. The molecule has 0 unspecified atom stereocenters. The van der Waals surface area contributed by atoms with E-state index in [1.165, 1.54) is 0 Å². The van der Waals surface area contributed by atoms with Crippen LogP contribution in [-0.4, -0.2) is 60.0 Å². The smallest absolute Gasteiger partial charge is 0.321 e. The first-order valence-electron chi connectivity index (χ1n) is 9.55. The Kier molecular flexibility index (Phi) is 4.69. The molecule has 1 saturated carbocycles. The van der Waals surface area contributed by atoms with E-state index in [0.29, 0.717) is 12.4 Å². The molecule has 2 heterocycles. The highest BCUT2D eigenvalue weighted by Gasteiger charge is 2.52. The monoisotopic (exact) mass is 371 g/mol. The predicted molar refractivity (Wildman–Crippen MR) is 97.4 cm³/mol. The van der Waals surface area contributed by atoms with Crippen LogP contribution < -0.4 is 0 Å². The normalized spacial score (nSPS) is 25.6. The third kappa shape index (κ3) is 3.02. The van der Waals surface area contributed by atoms with E-state index in [-0.39, 0.29) is 6.42 Å². The summed E-state index contributed by atoms with van der Waals surface area (Å²) in [6.45, 7) is 2.34. The van der Waals surface area contributed by atoms with Crippen molar-refractivity contribution in [3.05, 3.63) is 35.7 Å². The molecule has 2 aromatic rings. The number of β-amino-alcohol motifs (C(OH)–C–C–N with tert-alkyl or cyclic N) is 1. The average Bonchev–Trinajstić information content (AvgIpc) is 3.30. The number of aromatic nitrogens is 4. The molecule has 1 aromatic carbocycles. The fourth-order valence-corrected chi connectivity index (χ4v) is 4.74. The van der Waals surface area contributed by atoms with Gasteiger partial charge in [0.05, 0.1) is 17.3 Å². The fraction of sp³-hybridized carbons (Fsp3) is 0.579. The molecule has 0 spiro atoms. The number of para-hydroxylation sites is 1. The van der Waals surface area contributed by atoms with Crippen molar-refractivity contribution in [2.45, 2.75) is 63.1 Å². The molecule has 8 heteroatoms.